The van der Waals surface area contributed by atoms with Crippen molar-refractivity contribution in [2.75, 3.05) is 0 Å². The molecule has 0 atom stereocenters. The molecule has 0 radical (unpaired) electrons. The second kappa shape index (κ2) is 15.2. The molecule has 0 saturated heterocycles. The van der Waals surface area contributed by atoms with Gasteiger partial charge in [0.1, 0.15) is 0 Å². The zero-order valence-electron chi connectivity index (χ0n) is 15.5. The lowest BCUT2D eigenvalue weighted by molar-refractivity contribution is -0.304. The van der Waals surface area contributed by atoms with Crippen LogP contribution in [0.25, 0.3) is 0 Å². The van der Waals surface area contributed by atoms with Crippen LogP contribution in [-0.2, 0) is 9.59 Å². The van der Waals surface area contributed by atoms with Crippen molar-refractivity contribution in [2.45, 2.75) is 104 Å². The Morgan fingerprint density at radius 2 is 0.833 bits per heavy atom. The van der Waals surface area contributed by atoms with Gasteiger partial charge in [0, 0.05) is 0 Å². The molecule has 0 unspecified atom stereocenters. The minimum Gasteiger partial charge on any atom is -0.545 e. The lowest BCUT2D eigenvalue weighted by Crippen LogP contribution is -2.32. The van der Waals surface area contributed by atoms with Crippen LogP contribution in [0.2, 0.25) is 0 Å². The van der Waals surface area contributed by atoms with Gasteiger partial charge >= 0.3 is 0 Å². The predicted octanol–water partition coefficient (Wildman–Crippen LogP) is 3.28. The molecule has 4 nitrogen and oxygen atoms in total. The van der Waals surface area contributed by atoms with E-state index in [4.69, 9.17) is 0 Å². The first-order chi connectivity index (χ1) is 11.5. The van der Waals surface area contributed by atoms with Gasteiger partial charge in [-0.25, -0.2) is 0 Å². The van der Waals surface area contributed by atoms with E-state index in [0.29, 0.717) is 12.8 Å². The Morgan fingerprint density at radius 3 is 1.12 bits per heavy atom. The number of unbranched alkanes of at least 4 members (excludes halogenated alkanes) is 10. The monoisotopic (exact) mass is 338 g/mol. The average Bonchev–Trinajstić information content (AvgIpc) is 2.54. The SMILES string of the molecule is CCCCCCCC/C(C(=O)[O-])=C(/CCCCCCCC)C(=O)[O-]. The molecule has 0 bridgehead atoms. The zero-order chi connectivity index (χ0) is 18.2. The summed E-state index contributed by atoms with van der Waals surface area (Å²) in [6.07, 6.45) is 12.9. The molecule has 0 spiro atoms. The summed E-state index contributed by atoms with van der Waals surface area (Å²) in [5, 5.41) is 22.7. The Hall–Kier alpha value is -1.32. The van der Waals surface area contributed by atoms with Gasteiger partial charge in [0.2, 0.25) is 0 Å². The molecule has 0 aromatic heterocycles. The second-order valence-electron chi connectivity index (χ2n) is 6.57. The quantitative estimate of drug-likeness (QED) is 0.319. The van der Waals surface area contributed by atoms with Crippen molar-refractivity contribution in [3.05, 3.63) is 11.1 Å². The van der Waals surface area contributed by atoms with Crippen LogP contribution in [0.5, 0.6) is 0 Å². The maximum atomic E-state index is 11.3. The zero-order valence-corrected chi connectivity index (χ0v) is 15.5. The minimum atomic E-state index is -1.35. The van der Waals surface area contributed by atoms with Crippen LogP contribution in [0.15, 0.2) is 11.1 Å². The fraction of sp³-hybridized carbons (Fsp3) is 0.800. The molecule has 0 aromatic rings. The van der Waals surface area contributed by atoms with E-state index in [2.05, 4.69) is 13.8 Å². The smallest absolute Gasteiger partial charge is 0.0678 e. The fourth-order valence-electron chi connectivity index (χ4n) is 2.92. The highest BCUT2D eigenvalue weighted by atomic mass is 16.4. The Morgan fingerprint density at radius 1 is 0.542 bits per heavy atom. The standard InChI is InChI=1S/C20H36O4/c1-3-5-7-9-11-13-15-17(19(21)22)18(20(23)24)16-14-12-10-8-6-4-2/h3-16H2,1-2H3,(H,21,22)(H,23,24)/p-2/b18-17+. The summed E-state index contributed by atoms with van der Waals surface area (Å²) in [5.74, 6) is -2.71. The molecule has 0 aliphatic heterocycles. The normalized spacial score (nSPS) is 12.1. The van der Waals surface area contributed by atoms with Crippen molar-refractivity contribution in [2.24, 2.45) is 0 Å². The Balaban J connectivity index is 4.44. The van der Waals surface area contributed by atoms with E-state index >= 15 is 0 Å². The highest BCUT2D eigenvalue weighted by molar-refractivity contribution is 5.97. The first-order valence-corrected chi connectivity index (χ1v) is 9.69. The first kappa shape index (κ1) is 22.7. The highest BCUT2D eigenvalue weighted by Crippen LogP contribution is 2.20. The molecule has 0 fully saturated rings. The molecular formula is C20H34O4-2. The van der Waals surface area contributed by atoms with Gasteiger partial charge in [-0.05, 0) is 36.8 Å². The van der Waals surface area contributed by atoms with Crippen molar-refractivity contribution in [1.29, 1.82) is 0 Å². The van der Waals surface area contributed by atoms with E-state index in [1.807, 2.05) is 0 Å². The number of hydrogen-bond donors (Lipinski definition) is 0. The Kier molecular flexibility index (Phi) is 14.4. The highest BCUT2D eigenvalue weighted by Gasteiger charge is 2.10. The van der Waals surface area contributed by atoms with Gasteiger partial charge in [-0.2, -0.15) is 0 Å². The molecule has 0 aliphatic carbocycles. The van der Waals surface area contributed by atoms with E-state index in [-0.39, 0.29) is 24.0 Å². The average molecular weight is 338 g/mol. The molecular weight excluding hydrogens is 304 g/mol. The summed E-state index contributed by atoms with van der Waals surface area (Å²) in [6.45, 7) is 4.29. The maximum absolute atomic E-state index is 11.3. The third-order valence-corrected chi connectivity index (χ3v) is 4.42. The molecule has 4 heteroatoms. The first-order valence-electron chi connectivity index (χ1n) is 9.69. The fourth-order valence-corrected chi connectivity index (χ4v) is 2.92. The predicted molar refractivity (Wildman–Crippen MR) is 93.0 cm³/mol. The molecule has 0 aliphatic rings. The van der Waals surface area contributed by atoms with Crippen molar-refractivity contribution in [1.82, 2.24) is 0 Å². The van der Waals surface area contributed by atoms with Crippen LogP contribution in [0.3, 0.4) is 0 Å². The van der Waals surface area contributed by atoms with E-state index < -0.39 is 11.9 Å². The van der Waals surface area contributed by atoms with Gasteiger partial charge in [-0.1, -0.05) is 78.1 Å². The van der Waals surface area contributed by atoms with Crippen LogP contribution >= 0.6 is 0 Å². The Bertz CT molecular complexity index is 349. The van der Waals surface area contributed by atoms with Crippen LogP contribution in [0.1, 0.15) is 104 Å². The third-order valence-electron chi connectivity index (χ3n) is 4.42. The van der Waals surface area contributed by atoms with Crippen molar-refractivity contribution >= 4 is 11.9 Å². The summed E-state index contributed by atoms with van der Waals surface area (Å²) in [5.41, 5.74) is -0.113. The van der Waals surface area contributed by atoms with Crippen LogP contribution < -0.4 is 10.2 Å². The Labute approximate surface area is 147 Å². The molecule has 0 heterocycles. The minimum absolute atomic E-state index is 0.0564. The number of aliphatic carboxylic acids is 2. The van der Waals surface area contributed by atoms with Crippen molar-refractivity contribution in [3.63, 3.8) is 0 Å². The molecule has 0 amide bonds. The molecule has 0 saturated carbocycles. The number of carboxylic acid groups (broad SMARTS) is 2. The van der Waals surface area contributed by atoms with Gasteiger partial charge in [-0.3, -0.25) is 0 Å². The molecule has 0 aromatic carbocycles. The lowest BCUT2D eigenvalue weighted by Gasteiger charge is -2.17. The largest absolute Gasteiger partial charge is 0.545 e. The van der Waals surface area contributed by atoms with Crippen molar-refractivity contribution in [3.8, 4) is 0 Å². The van der Waals surface area contributed by atoms with E-state index in [9.17, 15) is 19.8 Å². The van der Waals surface area contributed by atoms with E-state index in [1.54, 1.807) is 0 Å². The van der Waals surface area contributed by atoms with Crippen LogP contribution in [-0.4, -0.2) is 11.9 Å². The summed E-state index contributed by atoms with van der Waals surface area (Å²) in [4.78, 5) is 22.7. The van der Waals surface area contributed by atoms with Gasteiger partial charge in [-0.15, -0.1) is 0 Å². The summed E-state index contributed by atoms with van der Waals surface area (Å²) in [6, 6.07) is 0. The molecule has 0 N–H and O–H groups in total. The number of rotatable bonds is 16. The van der Waals surface area contributed by atoms with E-state index in [0.717, 1.165) is 51.4 Å². The third kappa shape index (κ3) is 11.3. The van der Waals surface area contributed by atoms with Gasteiger partial charge in [0.15, 0.2) is 0 Å². The summed E-state index contributed by atoms with van der Waals surface area (Å²) < 4.78 is 0. The second-order valence-corrected chi connectivity index (χ2v) is 6.57. The molecule has 24 heavy (non-hydrogen) atoms. The van der Waals surface area contributed by atoms with E-state index in [1.165, 1.54) is 12.8 Å². The van der Waals surface area contributed by atoms with Crippen LogP contribution in [0, 0.1) is 0 Å². The molecule has 140 valence electrons. The number of carboxylic acids is 2. The maximum Gasteiger partial charge on any atom is 0.0678 e. The van der Waals surface area contributed by atoms with Crippen molar-refractivity contribution < 1.29 is 19.8 Å². The topological polar surface area (TPSA) is 80.3 Å². The summed E-state index contributed by atoms with van der Waals surface area (Å²) >= 11 is 0. The van der Waals surface area contributed by atoms with Gasteiger partial charge in [0.05, 0.1) is 11.9 Å². The number of carbonyl (C=O) groups excluding carboxylic acids is 2. The number of carbonyl (C=O) groups is 2. The summed E-state index contributed by atoms with van der Waals surface area (Å²) in [7, 11) is 0. The van der Waals surface area contributed by atoms with Crippen LogP contribution in [0.4, 0.5) is 0 Å². The molecule has 0 rings (SSSR count). The van der Waals surface area contributed by atoms with Gasteiger partial charge < -0.3 is 19.8 Å². The number of hydrogen-bond acceptors (Lipinski definition) is 4. The van der Waals surface area contributed by atoms with Gasteiger partial charge in [0.25, 0.3) is 0 Å². The lowest BCUT2D eigenvalue weighted by atomic mass is 9.96.